The van der Waals surface area contributed by atoms with Crippen molar-refractivity contribution in [2.24, 2.45) is 0 Å². The molecule has 10 heteroatoms. The summed E-state index contributed by atoms with van der Waals surface area (Å²) in [4.78, 5) is 16.0. The Balaban J connectivity index is 1.15. The second-order valence-electron chi connectivity index (χ2n) is 10.7. The Labute approximate surface area is 225 Å². The monoisotopic (exact) mass is 547 g/mol. The SMILES string of the molecule is O=C(C=Cc1cc(F)cc(F)c1)N1CC[C@](O)([C@H](O)CN2CCC3(CC2)CNc2cc(Cl)ccc23)[C@@H](O)C1. The average molecular weight is 548 g/mol. The van der Waals surface area contributed by atoms with Crippen LogP contribution in [0.15, 0.2) is 42.5 Å². The lowest BCUT2D eigenvalue weighted by Crippen LogP contribution is -2.64. The van der Waals surface area contributed by atoms with Crippen LogP contribution >= 0.6 is 11.6 Å². The summed E-state index contributed by atoms with van der Waals surface area (Å²) in [5.41, 5.74) is 0.810. The maximum absolute atomic E-state index is 13.4. The normalized spacial score (nSPS) is 25.9. The Kier molecular flexibility index (Phi) is 7.50. The van der Waals surface area contributed by atoms with Crippen LogP contribution in [-0.2, 0) is 10.2 Å². The second kappa shape index (κ2) is 10.5. The van der Waals surface area contributed by atoms with Crippen LogP contribution in [0, 0.1) is 11.6 Å². The molecule has 0 radical (unpaired) electrons. The summed E-state index contributed by atoms with van der Waals surface area (Å²) in [6.45, 7) is 2.49. The molecule has 2 aromatic carbocycles. The van der Waals surface area contributed by atoms with Crippen LogP contribution in [0.3, 0.4) is 0 Å². The number of hydrogen-bond donors (Lipinski definition) is 4. The third-order valence-corrected chi connectivity index (χ3v) is 8.59. The molecule has 0 aromatic heterocycles. The quantitative estimate of drug-likeness (QED) is 0.430. The molecule has 2 fully saturated rings. The minimum Gasteiger partial charge on any atom is -0.389 e. The van der Waals surface area contributed by atoms with Gasteiger partial charge in [0.05, 0.1) is 6.10 Å². The topological polar surface area (TPSA) is 96.3 Å². The molecule has 4 N–H and O–H groups in total. The van der Waals surface area contributed by atoms with Crippen LogP contribution in [0.25, 0.3) is 6.08 Å². The van der Waals surface area contributed by atoms with Crippen molar-refractivity contribution in [2.75, 3.05) is 44.6 Å². The molecule has 0 aliphatic carbocycles. The fraction of sp³-hybridized carbons (Fsp3) is 0.464. The van der Waals surface area contributed by atoms with E-state index in [1.54, 1.807) is 0 Å². The zero-order valence-electron chi connectivity index (χ0n) is 20.9. The van der Waals surface area contributed by atoms with E-state index >= 15 is 0 Å². The lowest BCUT2D eigenvalue weighted by molar-refractivity contribution is -0.183. The van der Waals surface area contributed by atoms with Gasteiger partial charge in [-0.2, -0.15) is 0 Å². The zero-order chi connectivity index (χ0) is 27.1. The molecule has 38 heavy (non-hydrogen) atoms. The first-order chi connectivity index (χ1) is 18.1. The van der Waals surface area contributed by atoms with E-state index in [1.165, 1.54) is 22.6 Å². The van der Waals surface area contributed by atoms with Crippen LogP contribution in [0.1, 0.15) is 30.4 Å². The number of hydrogen-bond acceptors (Lipinski definition) is 6. The molecule has 2 saturated heterocycles. The molecule has 7 nitrogen and oxygen atoms in total. The van der Waals surface area contributed by atoms with Gasteiger partial charge in [0.15, 0.2) is 0 Å². The van der Waals surface area contributed by atoms with Crippen LogP contribution in [0.5, 0.6) is 0 Å². The summed E-state index contributed by atoms with van der Waals surface area (Å²) < 4.78 is 26.7. The number of aliphatic hydroxyl groups excluding tert-OH is 2. The lowest BCUT2D eigenvalue weighted by Gasteiger charge is -2.46. The highest BCUT2D eigenvalue weighted by molar-refractivity contribution is 6.30. The molecular weight excluding hydrogens is 516 g/mol. The summed E-state index contributed by atoms with van der Waals surface area (Å²) in [6.07, 6.45) is 1.73. The number of anilines is 1. The first-order valence-electron chi connectivity index (χ1n) is 12.9. The molecule has 0 unspecified atom stereocenters. The van der Waals surface area contributed by atoms with Gasteiger partial charge in [-0.15, -0.1) is 0 Å². The Morgan fingerprint density at radius 2 is 1.84 bits per heavy atom. The smallest absolute Gasteiger partial charge is 0.246 e. The first-order valence-corrected chi connectivity index (χ1v) is 13.2. The van der Waals surface area contributed by atoms with E-state index in [0.29, 0.717) is 5.02 Å². The molecule has 3 heterocycles. The van der Waals surface area contributed by atoms with Gasteiger partial charge in [0.1, 0.15) is 23.3 Å². The van der Waals surface area contributed by atoms with Crippen molar-refractivity contribution < 1.29 is 28.9 Å². The number of carbonyl (C=O) groups excluding carboxylic acids is 1. The van der Waals surface area contributed by atoms with Gasteiger partial charge < -0.3 is 30.4 Å². The van der Waals surface area contributed by atoms with Crippen molar-refractivity contribution in [3.05, 3.63) is 70.3 Å². The van der Waals surface area contributed by atoms with Gasteiger partial charge in [0.25, 0.3) is 0 Å². The van der Waals surface area contributed by atoms with Crippen molar-refractivity contribution in [3.63, 3.8) is 0 Å². The number of fused-ring (bicyclic) bond motifs is 2. The molecule has 5 rings (SSSR count). The highest BCUT2D eigenvalue weighted by Crippen LogP contribution is 2.45. The van der Waals surface area contributed by atoms with Gasteiger partial charge in [0.2, 0.25) is 5.91 Å². The number of likely N-dealkylation sites (tertiary alicyclic amines) is 2. The molecule has 3 aliphatic heterocycles. The number of carbonyl (C=O) groups is 1. The zero-order valence-corrected chi connectivity index (χ0v) is 21.7. The summed E-state index contributed by atoms with van der Waals surface area (Å²) in [7, 11) is 0. The second-order valence-corrected chi connectivity index (χ2v) is 11.2. The van der Waals surface area contributed by atoms with Crippen LogP contribution < -0.4 is 5.32 Å². The Hall–Kier alpha value is -2.56. The number of piperidine rings is 2. The minimum absolute atomic E-state index is 0.000656. The Morgan fingerprint density at radius 1 is 1.13 bits per heavy atom. The Bertz CT molecular complexity index is 1220. The highest BCUT2D eigenvalue weighted by Gasteiger charge is 2.48. The molecule has 3 atom stereocenters. The van der Waals surface area contributed by atoms with E-state index in [4.69, 9.17) is 11.6 Å². The maximum Gasteiger partial charge on any atom is 0.246 e. The van der Waals surface area contributed by atoms with E-state index in [9.17, 15) is 28.9 Å². The van der Waals surface area contributed by atoms with Crippen LogP contribution in [0.4, 0.5) is 14.5 Å². The molecule has 0 bridgehead atoms. The fourth-order valence-electron chi connectivity index (χ4n) is 5.97. The predicted molar refractivity (Wildman–Crippen MR) is 141 cm³/mol. The van der Waals surface area contributed by atoms with Gasteiger partial charge in [-0.3, -0.25) is 4.79 Å². The number of amides is 1. The van der Waals surface area contributed by atoms with E-state index in [2.05, 4.69) is 16.3 Å². The maximum atomic E-state index is 13.4. The number of benzene rings is 2. The van der Waals surface area contributed by atoms with Crippen molar-refractivity contribution in [2.45, 2.75) is 42.5 Å². The fourth-order valence-corrected chi connectivity index (χ4v) is 6.14. The minimum atomic E-state index is -1.75. The van der Waals surface area contributed by atoms with Crippen molar-refractivity contribution in [1.82, 2.24) is 9.80 Å². The molecule has 204 valence electrons. The first kappa shape index (κ1) is 27.0. The number of halogens is 3. The molecular formula is C28H32ClF2N3O4. The van der Waals surface area contributed by atoms with Crippen LogP contribution in [0.2, 0.25) is 5.02 Å². The largest absolute Gasteiger partial charge is 0.389 e. The summed E-state index contributed by atoms with van der Waals surface area (Å²) in [6, 6.07) is 8.90. The lowest BCUT2D eigenvalue weighted by atomic mass is 9.74. The molecule has 0 saturated carbocycles. The van der Waals surface area contributed by atoms with Gasteiger partial charge in [-0.1, -0.05) is 17.7 Å². The standard InChI is InChI=1S/C28H32ClF2N3O4/c29-19-2-3-22-23(13-19)32-17-27(22)5-8-33(9-6-27)15-24(35)28(38)7-10-34(16-25(28)36)26(37)4-1-18-11-20(30)14-21(31)12-18/h1-4,11-14,24-25,32,35-36,38H,5-10,15-17H2/t24-,25+,28+/m1/s1. The van der Waals surface area contributed by atoms with E-state index in [1.807, 2.05) is 12.1 Å². The van der Waals surface area contributed by atoms with Gasteiger partial charge in [0, 0.05) is 54.4 Å². The van der Waals surface area contributed by atoms with E-state index in [0.717, 1.165) is 56.4 Å². The summed E-state index contributed by atoms with van der Waals surface area (Å²) in [5.74, 6) is -1.95. The van der Waals surface area contributed by atoms with E-state index < -0.39 is 35.4 Å². The third-order valence-electron chi connectivity index (χ3n) is 8.36. The summed E-state index contributed by atoms with van der Waals surface area (Å²) in [5, 5.41) is 37.0. The number of nitrogens with one attached hydrogen (secondary N) is 1. The van der Waals surface area contributed by atoms with Gasteiger partial charge >= 0.3 is 0 Å². The molecule has 1 spiro atoms. The number of nitrogens with zero attached hydrogens (tertiary/aromatic N) is 2. The average Bonchev–Trinajstić information content (AvgIpc) is 3.22. The predicted octanol–water partition coefficient (Wildman–Crippen LogP) is 2.78. The van der Waals surface area contributed by atoms with Gasteiger partial charge in [-0.25, -0.2) is 8.78 Å². The van der Waals surface area contributed by atoms with Crippen LogP contribution in [-0.4, -0.2) is 88.1 Å². The number of β-amino-alcohol motifs (C(OH)–C–C–N with tert-alkyl or cyclic N) is 2. The van der Waals surface area contributed by atoms with E-state index in [-0.39, 0.29) is 37.0 Å². The number of aliphatic hydroxyl groups is 3. The van der Waals surface area contributed by atoms with Gasteiger partial charge in [-0.05, 0) is 73.8 Å². The molecule has 3 aliphatic rings. The Morgan fingerprint density at radius 3 is 2.53 bits per heavy atom. The van der Waals surface area contributed by atoms with Crippen molar-refractivity contribution in [3.8, 4) is 0 Å². The molecule has 1 amide bonds. The summed E-state index contributed by atoms with van der Waals surface area (Å²) >= 11 is 6.14. The molecule has 2 aromatic rings. The van der Waals surface area contributed by atoms with Crippen molar-refractivity contribution in [1.29, 1.82) is 0 Å². The number of rotatable bonds is 5. The highest BCUT2D eigenvalue weighted by atomic mass is 35.5. The van der Waals surface area contributed by atoms with Crippen molar-refractivity contribution >= 4 is 29.3 Å². The third kappa shape index (κ3) is 5.31.